The molecule has 1 N–H and O–H groups in total. The molecule has 2 saturated heterocycles. The standard InChI is InChI=1S/C19H34N4O3S/c1-2-22-9-10-23(14-18(22)24)19(20-12-16-6-4-3-5-7-16)21-13-17-8-11-27(25,26)15-17/h16-17H,2-15H2,1H3,(H,20,21). The fourth-order valence-corrected chi connectivity index (χ4v) is 6.20. The Morgan fingerprint density at radius 1 is 1.15 bits per heavy atom. The first kappa shape index (κ1) is 20.4. The topological polar surface area (TPSA) is 82.1 Å². The predicted molar refractivity (Wildman–Crippen MR) is 107 cm³/mol. The zero-order chi connectivity index (χ0) is 19.3. The number of nitrogens with zero attached hydrogens (tertiary/aromatic N) is 3. The third-order valence-electron chi connectivity index (χ3n) is 6.10. The van der Waals surface area contributed by atoms with E-state index in [1.807, 2.05) is 16.7 Å². The summed E-state index contributed by atoms with van der Waals surface area (Å²) in [6.07, 6.45) is 7.14. The third kappa shape index (κ3) is 5.83. The summed E-state index contributed by atoms with van der Waals surface area (Å²) in [6, 6.07) is 0. The Hall–Kier alpha value is -1.31. The van der Waals surface area contributed by atoms with Crippen molar-refractivity contribution in [2.75, 3.05) is 50.8 Å². The summed E-state index contributed by atoms with van der Waals surface area (Å²) >= 11 is 0. The second-order valence-electron chi connectivity index (χ2n) is 8.21. The highest BCUT2D eigenvalue weighted by molar-refractivity contribution is 7.91. The Morgan fingerprint density at radius 2 is 1.93 bits per heavy atom. The first-order valence-corrected chi connectivity index (χ1v) is 12.3. The lowest BCUT2D eigenvalue weighted by Crippen LogP contribution is -2.55. The maximum atomic E-state index is 12.3. The van der Waals surface area contributed by atoms with Crippen molar-refractivity contribution in [2.45, 2.75) is 45.4 Å². The van der Waals surface area contributed by atoms with Gasteiger partial charge in [0.05, 0.1) is 18.1 Å². The third-order valence-corrected chi connectivity index (χ3v) is 7.94. The molecule has 0 aromatic heterocycles. The molecule has 3 fully saturated rings. The molecule has 0 spiro atoms. The van der Waals surface area contributed by atoms with Gasteiger partial charge in [0.15, 0.2) is 15.8 Å². The van der Waals surface area contributed by atoms with Gasteiger partial charge >= 0.3 is 0 Å². The molecule has 8 heteroatoms. The minimum atomic E-state index is -2.88. The summed E-state index contributed by atoms with van der Waals surface area (Å²) in [4.78, 5) is 21.0. The van der Waals surface area contributed by atoms with E-state index < -0.39 is 9.84 Å². The van der Waals surface area contributed by atoms with Crippen LogP contribution in [0.5, 0.6) is 0 Å². The van der Waals surface area contributed by atoms with Gasteiger partial charge in [0, 0.05) is 32.7 Å². The molecule has 1 saturated carbocycles. The number of likely N-dealkylation sites (N-methyl/N-ethyl adjacent to an activating group) is 1. The Morgan fingerprint density at radius 3 is 2.56 bits per heavy atom. The molecule has 3 rings (SSSR count). The second kappa shape index (κ2) is 9.26. The maximum Gasteiger partial charge on any atom is 0.242 e. The summed E-state index contributed by atoms with van der Waals surface area (Å²) in [5.41, 5.74) is 0. The Bertz CT molecular complexity index is 643. The van der Waals surface area contributed by atoms with E-state index in [0.717, 1.165) is 32.1 Å². The second-order valence-corrected chi connectivity index (χ2v) is 10.4. The fraction of sp³-hybridized carbons (Fsp3) is 0.895. The van der Waals surface area contributed by atoms with Crippen LogP contribution in [0.25, 0.3) is 0 Å². The van der Waals surface area contributed by atoms with Crippen molar-refractivity contribution in [3.8, 4) is 0 Å². The van der Waals surface area contributed by atoms with Crippen LogP contribution in [0.3, 0.4) is 0 Å². The van der Waals surface area contributed by atoms with Gasteiger partial charge in [-0.2, -0.15) is 0 Å². The van der Waals surface area contributed by atoms with Crippen molar-refractivity contribution in [3.63, 3.8) is 0 Å². The molecule has 154 valence electrons. The van der Waals surface area contributed by atoms with E-state index in [0.29, 0.717) is 25.4 Å². The molecule has 2 heterocycles. The lowest BCUT2D eigenvalue weighted by atomic mass is 9.89. The fourth-order valence-electron chi connectivity index (χ4n) is 4.35. The highest BCUT2D eigenvalue weighted by atomic mass is 32.2. The van der Waals surface area contributed by atoms with Crippen molar-refractivity contribution in [1.82, 2.24) is 15.1 Å². The minimum Gasteiger partial charge on any atom is -0.356 e. The van der Waals surface area contributed by atoms with Crippen LogP contribution in [-0.4, -0.2) is 80.9 Å². The number of carbonyl (C=O) groups excluding carboxylic acids is 1. The van der Waals surface area contributed by atoms with Gasteiger partial charge in [-0.05, 0) is 38.0 Å². The molecular formula is C19H34N4O3S. The number of carbonyl (C=O) groups is 1. The van der Waals surface area contributed by atoms with E-state index in [1.54, 1.807) is 0 Å². The Balaban J connectivity index is 1.62. The van der Waals surface area contributed by atoms with Crippen molar-refractivity contribution in [3.05, 3.63) is 0 Å². The molecule has 3 aliphatic rings. The van der Waals surface area contributed by atoms with Crippen LogP contribution >= 0.6 is 0 Å². The molecular weight excluding hydrogens is 364 g/mol. The van der Waals surface area contributed by atoms with Crippen molar-refractivity contribution >= 4 is 21.7 Å². The zero-order valence-corrected chi connectivity index (χ0v) is 17.3. The van der Waals surface area contributed by atoms with Crippen LogP contribution in [0.15, 0.2) is 4.99 Å². The summed E-state index contributed by atoms with van der Waals surface area (Å²) in [5.74, 6) is 2.23. The molecule has 1 aliphatic carbocycles. The molecule has 0 radical (unpaired) electrons. The SMILES string of the molecule is CCN1CCN(C(=NCC2CCS(=O)(=O)C2)NCC2CCCCC2)CC1=O. The molecule has 7 nitrogen and oxygen atoms in total. The van der Waals surface area contributed by atoms with E-state index >= 15 is 0 Å². The lowest BCUT2D eigenvalue weighted by molar-refractivity contribution is -0.134. The monoisotopic (exact) mass is 398 g/mol. The number of amides is 1. The van der Waals surface area contributed by atoms with Crippen LogP contribution < -0.4 is 5.32 Å². The molecule has 1 amide bonds. The van der Waals surface area contributed by atoms with Crippen LogP contribution in [0.1, 0.15) is 45.4 Å². The van der Waals surface area contributed by atoms with Gasteiger partial charge in [-0.1, -0.05) is 19.3 Å². The molecule has 0 aromatic carbocycles. The summed E-state index contributed by atoms with van der Waals surface area (Å²) < 4.78 is 23.4. The number of guanidine groups is 1. The molecule has 1 unspecified atom stereocenters. The van der Waals surface area contributed by atoms with Crippen molar-refractivity contribution in [1.29, 1.82) is 0 Å². The van der Waals surface area contributed by atoms with E-state index in [2.05, 4.69) is 5.32 Å². The van der Waals surface area contributed by atoms with Gasteiger partial charge in [0.25, 0.3) is 0 Å². The van der Waals surface area contributed by atoms with E-state index in [9.17, 15) is 13.2 Å². The highest BCUT2D eigenvalue weighted by Gasteiger charge is 2.29. The van der Waals surface area contributed by atoms with Gasteiger partial charge in [0.1, 0.15) is 0 Å². The van der Waals surface area contributed by atoms with Crippen LogP contribution in [-0.2, 0) is 14.6 Å². The lowest BCUT2D eigenvalue weighted by Gasteiger charge is -2.36. The molecule has 0 aromatic rings. The largest absolute Gasteiger partial charge is 0.356 e. The number of aliphatic imine (C=N–C) groups is 1. The summed E-state index contributed by atoms with van der Waals surface area (Å²) in [7, 11) is -2.88. The smallest absolute Gasteiger partial charge is 0.242 e. The van der Waals surface area contributed by atoms with E-state index in [4.69, 9.17) is 4.99 Å². The van der Waals surface area contributed by atoms with Crippen LogP contribution in [0.4, 0.5) is 0 Å². The normalized spacial score (nSPS) is 27.2. The van der Waals surface area contributed by atoms with Gasteiger partial charge < -0.3 is 15.1 Å². The number of piperazine rings is 1. The van der Waals surface area contributed by atoms with Crippen LogP contribution in [0.2, 0.25) is 0 Å². The van der Waals surface area contributed by atoms with Gasteiger partial charge in [0.2, 0.25) is 5.91 Å². The van der Waals surface area contributed by atoms with Crippen molar-refractivity contribution < 1.29 is 13.2 Å². The number of hydrogen-bond acceptors (Lipinski definition) is 4. The average molecular weight is 399 g/mol. The highest BCUT2D eigenvalue weighted by Crippen LogP contribution is 2.23. The maximum absolute atomic E-state index is 12.3. The zero-order valence-electron chi connectivity index (χ0n) is 16.5. The number of nitrogens with one attached hydrogen (secondary N) is 1. The molecule has 27 heavy (non-hydrogen) atoms. The average Bonchev–Trinajstić information content (AvgIpc) is 3.01. The first-order chi connectivity index (χ1) is 13.0. The van der Waals surface area contributed by atoms with Crippen LogP contribution in [0, 0.1) is 11.8 Å². The van der Waals surface area contributed by atoms with Gasteiger partial charge in [-0.25, -0.2) is 8.42 Å². The number of hydrogen-bond donors (Lipinski definition) is 1. The molecule has 2 aliphatic heterocycles. The van der Waals surface area contributed by atoms with Gasteiger partial charge in [-0.3, -0.25) is 9.79 Å². The number of sulfone groups is 1. The molecule has 1 atom stereocenters. The molecule has 0 bridgehead atoms. The van der Waals surface area contributed by atoms with Gasteiger partial charge in [-0.15, -0.1) is 0 Å². The minimum absolute atomic E-state index is 0.106. The Labute approximate surface area is 163 Å². The summed E-state index contributed by atoms with van der Waals surface area (Å²) in [6.45, 7) is 6.01. The summed E-state index contributed by atoms with van der Waals surface area (Å²) in [5, 5.41) is 3.51. The number of rotatable bonds is 5. The first-order valence-electron chi connectivity index (χ1n) is 10.5. The van der Waals surface area contributed by atoms with Crippen molar-refractivity contribution in [2.24, 2.45) is 16.8 Å². The van der Waals surface area contributed by atoms with E-state index in [1.165, 1.54) is 32.1 Å². The quantitative estimate of drug-likeness (QED) is 0.554. The Kier molecular flexibility index (Phi) is 7.00. The predicted octanol–water partition coefficient (Wildman–Crippen LogP) is 1.11. The van der Waals surface area contributed by atoms with E-state index in [-0.39, 0.29) is 23.3 Å².